The quantitative estimate of drug-likeness (QED) is 0.456. The Bertz CT molecular complexity index is 1150. The first-order valence-electron chi connectivity index (χ1n) is 9.67. The third-order valence-electron chi connectivity index (χ3n) is 4.51. The molecular weight excluding hydrogens is 452 g/mol. The summed E-state index contributed by atoms with van der Waals surface area (Å²) in [5.41, 5.74) is 0.975. The number of nitrogens with one attached hydrogen (secondary N) is 1. The number of halogens is 1. The van der Waals surface area contributed by atoms with Crippen molar-refractivity contribution in [3.8, 4) is 0 Å². The van der Waals surface area contributed by atoms with E-state index in [4.69, 9.17) is 11.6 Å². The van der Waals surface area contributed by atoms with Crippen molar-refractivity contribution >= 4 is 50.7 Å². The number of carbonyl (C=O) groups excluding carboxylic acids is 1. The molecule has 0 saturated carbocycles. The second-order valence-corrected chi connectivity index (χ2v) is 10.3. The minimum atomic E-state index is -3.73. The Balaban J connectivity index is 1.90. The Hall–Kier alpha value is -2.48. The fourth-order valence-electron chi connectivity index (χ4n) is 3.16. The molecule has 0 fully saturated rings. The highest BCUT2D eigenvalue weighted by Crippen LogP contribution is 2.34. The van der Waals surface area contributed by atoms with Crippen molar-refractivity contribution in [2.75, 3.05) is 15.9 Å². The fourth-order valence-corrected chi connectivity index (χ4v) is 5.47. The van der Waals surface area contributed by atoms with Crippen LogP contribution in [0.2, 0.25) is 5.02 Å². The summed E-state index contributed by atoms with van der Waals surface area (Å²) in [6.07, 6.45) is 1.38. The predicted octanol–water partition coefficient (Wildman–Crippen LogP) is 5.67. The third-order valence-corrected chi connectivity index (χ3v) is 7.01. The Kier molecular flexibility index (Phi) is 7.64. The molecule has 0 aliphatic carbocycles. The number of rotatable bonds is 8. The maximum atomic E-state index is 13.2. The molecule has 31 heavy (non-hydrogen) atoms. The van der Waals surface area contributed by atoms with Crippen LogP contribution >= 0.6 is 23.4 Å². The maximum absolute atomic E-state index is 13.2. The van der Waals surface area contributed by atoms with Gasteiger partial charge in [0.15, 0.2) is 0 Å². The zero-order valence-electron chi connectivity index (χ0n) is 17.2. The smallest absolute Gasteiger partial charge is 0.248 e. The number of para-hydroxylation sites is 1. The van der Waals surface area contributed by atoms with Crippen molar-refractivity contribution in [2.24, 2.45) is 0 Å². The van der Waals surface area contributed by atoms with E-state index in [1.807, 2.05) is 48.5 Å². The van der Waals surface area contributed by atoms with Gasteiger partial charge in [-0.2, -0.15) is 0 Å². The van der Waals surface area contributed by atoms with Gasteiger partial charge >= 0.3 is 0 Å². The first-order valence-corrected chi connectivity index (χ1v) is 12.7. The fraction of sp³-hybridized carbons (Fsp3) is 0.174. The summed E-state index contributed by atoms with van der Waals surface area (Å²) in [4.78, 5) is 15.1. The summed E-state index contributed by atoms with van der Waals surface area (Å²) in [6, 6.07) is 22.8. The van der Waals surface area contributed by atoms with Crippen LogP contribution in [0.5, 0.6) is 0 Å². The van der Waals surface area contributed by atoms with Crippen LogP contribution in [0.25, 0.3) is 0 Å². The molecule has 0 spiro atoms. The van der Waals surface area contributed by atoms with Gasteiger partial charge in [0.05, 0.1) is 17.6 Å². The zero-order valence-corrected chi connectivity index (χ0v) is 19.5. The van der Waals surface area contributed by atoms with E-state index in [0.717, 1.165) is 20.4 Å². The Morgan fingerprint density at radius 2 is 1.71 bits per heavy atom. The number of benzene rings is 3. The molecule has 1 N–H and O–H groups in total. The van der Waals surface area contributed by atoms with Crippen LogP contribution in [0.4, 0.5) is 11.4 Å². The van der Waals surface area contributed by atoms with Gasteiger partial charge < -0.3 is 5.32 Å². The molecule has 0 aromatic heterocycles. The first kappa shape index (κ1) is 23.2. The standard InChI is InChI=1S/C23H23ClN2O3S2/c1-3-21(26(31(2,28)29)18-11-9-10-17(24)16-18)23(27)25-20-14-7-8-15-22(20)30-19-12-5-4-6-13-19/h4-16,21H,3H2,1-2H3,(H,25,27)/t21-/m1/s1. The topological polar surface area (TPSA) is 66.5 Å². The van der Waals surface area contributed by atoms with Gasteiger partial charge in [-0.3, -0.25) is 9.10 Å². The molecule has 0 aliphatic heterocycles. The SMILES string of the molecule is CC[C@H](C(=O)Nc1ccccc1Sc1ccccc1)N(c1cccc(Cl)c1)S(C)(=O)=O. The third kappa shape index (κ3) is 6.03. The van der Waals surface area contributed by atoms with Crippen molar-refractivity contribution in [3.63, 3.8) is 0 Å². The van der Waals surface area contributed by atoms with E-state index in [9.17, 15) is 13.2 Å². The predicted molar refractivity (Wildman–Crippen MR) is 128 cm³/mol. The monoisotopic (exact) mass is 474 g/mol. The molecule has 0 saturated heterocycles. The van der Waals surface area contributed by atoms with Crippen LogP contribution in [0.3, 0.4) is 0 Å². The molecule has 8 heteroatoms. The lowest BCUT2D eigenvalue weighted by Gasteiger charge is -2.30. The summed E-state index contributed by atoms with van der Waals surface area (Å²) in [6.45, 7) is 1.78. The number of sulfonamides is 1. The van der Waals surface area contributed by atoms with Crippen molar-refractivity contribution in [1.29, 1.82) is 0 Å². The minimum absolute atomic E-state index is 0.291. The number of hydrogen-bond acceptors (Lipinski definition) is 4. The number of nitrogens with zero attached hydrogens (tertiary/aromatic N) is 1. The molecule has 0 unspecified atom stereocenters. The minimum Gasteiger partial charge on any atom is -0.323 e. The van der Waals surface area contributed by atoms with E-state index in [-0.39, 0.29) is 0 Å². The van der Waals surface area contributed by atoms with Gasteiger partial charge in [-0.1, -0.05) is 66.7 Å². The van der Waals surface area contributed by atoms with Crippen molar-refractivity contribution < 1.29 is 13.2 Å². The van der Waals surface area contributed by atoms with Gasteiger partial charge in [-0.25, -0.2) is 8.42 Å². The lowest BCUT2D eigenvalue weighted by molar-refractivity contribution is -0.117. The molecule has 5 nitrogen and oxygen atoms in total. The van der Waals surface area contributed by atoms with Crippen molar-refractivity contribution in [2.45, 2.75) is 29.2 Å². The van der Waals surface area contributed by atoms with Crippen LogP contribution in [0, 0.1) is 0 Å². The van der Waals surface area contributed by atoms with Gasteiger partial charge in [0.25, 0.3) is 0 Å². The van der Waals surface area contributed by atoms with Gasteiger partial charge in [-0.15, -0.1) is 0 Å². The summed E-state index contributed by atoms with van der Waals surface area (Å²) >= 11 is 7.59. The van der Waals surface area contributed by atoms with E-state index in [1.54, 1.807) is 31.2 Å². The molecule has 0 radical (unpaired) electrons. The highest BCUT2D eigenvalue weighted by atomic mass is 35.5. The lowest BCUT2D eigenvalue weighted by Crippen LogP contribution is -2.47. The van der Waals surface area contributed by atoms with Gasteiger partial charge in [0.1, 0.15) is 6.04 Å². The molecule has 0 heterocycles. The van der Waals surface area contributed by atoms with Crippen LogP contribution in [-0.2, 0) is 14.8 Å². The average Bonchev–Trinajstić information content (AvgIpc) is 2.73. The second-order valence-electron chi connectivity index (χ2n) is 6.86. The second kappa shape index (κ2) is 10.2. The van der Waals surface area contributed by atoms with Crippen LogP contribution in [-0.4, -0.2) is 26.6 Å². The lowest BCUT2D eigenvalue weighted by atomic mass is 10.2. The Labute approximate surface area is 192 Å². The average molecular weight is 475 g/mol. The summed E-state index contributed by atoms with van der Waals surface area (Å²) < 4.78 is 26.3. The van der Waals surface area contributed by atoms with Gasteiger partial charge in [0, 0.05) is 14.8 Å². The first-order chi connectivity index (χ1) is 14.8. The number of amides is 1. The molecular formula is C23H23ClN2O3S2. The normalized spacial score (nSPS) is 12.2. The highest BCUT2D eigenvalue weighted by Gasteiger charge is 2.32. The maximum Gasteiger partial charge on any atom is 0.248 e. The molecule has 3 aromatic rings. The van der Waals surface area contributed by atoms with Gasteiger partial charge in [-0.05, 0) is 48.9 Å². The van der Waals surface area contributed by atoms with E-state index < -0.39 is 22.0 Å². The van der Waals surface area contributed by atoms with E-state index in [2.05, 4.69) is 5.32 Å². The molecule has 3 aromatic carbocycles. The largest absolute Gasteiger partial charge is 0.323 e. The number of carbonyl (C=O) groups is 1. The number of anilines is 2. The highest BCUT2D eigenvalue weighted by molar-refractivity contribution is 7.99. The van der Waals surface area contributed by atoms with Crippen LogP contribution < -0.4 is 9.62 Å². The summed E-state index contributed by atoms with van der Waals surface area (Å²) in [5.74, 6) is -0.408. The summed E-state index contributed by atoms with van der Waals surface area (Å²) in [5, 5.41) is 3.31. The summed E-state index contributed by atoms with van der Waals surface area (Å²) in [7, 11) is -3.73. The molecule has 0 aliphatic rings. The van der Waals surface area contributed by atoms with E-state index in [0.29, 0.717) is 22.8 Å². The van der Waals surface area contributed by atoms with Crippen molar-refractivity contribution in [3.05, 3.63) is 83.9 Å². The van der Waals surface area contributed by atoms with Crippen molar-refractivity contribution in [1.82, 2.24) is 0 Å². The van der Waals surface area contributed by atoms with E-state index >= 15 is 0 Å². The Morgan fingerprint density at radius 1 is 1.03 bits per heavy atom. The molecule has 162 valence electrons. The molecule has 0 bridgehead atoms. The molecule has 1 atom stereocenters. The van der Waals surface area contributed by atoms with Crippen LogP contribution in [0.15, 0.2) is 88.7 Å². The Morgan fingerprint density at radius 3 is 2.35 bits per heavy atom. The molecule has 1 amide bonds. The number of hydrogen-bond donors (Lipinski definition) is 1. The van der Waals surface area contributed by atoms with Crippen LogP contribution in [0.1, 0.15) is 13.3 Å². The molecule has 3 rings (SSSR count). The zero-order chi connectivity index (χ0) is 22.4. The van der Waals surface area contributed by atoms with Gasteiger partial charge in [0.2, 0.25) is 15.9 Å². The van der Waals surface area contributed by atoms with E-state index in [1.165, 1.54) is 17.8 Å².